The Bertz CT molecular complexity index is 582. The number of nitrogens with one attached hydrogen (secondary N) is 1. The number of halogens is 1. The summed E-state index contributed by atoms with van der Waals surface area (Å²) in [7, 11) is 0. The minimum absolute atomic E-state index is 0.270. The molecule has 0 atom stereocenters. The minimum Gasteiger partial charge on any atom is -0.370 e. The first-order valence-electron chi connectivity index (χ1n) is 6.46. The molecule has 0 amide bonds. The zero-order valence-corrected chi connectivity index (χ0v) is 11.5. The van der Waals surface area contributed by atoms with E-state index in [0.717, 1.165) is 35.6 Å². The smallest absolute Gasteiger partial charge is 0.162 e. The molecule has 1 heterocycles. The van der Waals surface area contributed by atoms with Crippen LogP contribution in [0.1, 0.15) is 24.6 Å². The van der Waals surface area contributed by atoms with Crippen LogP contribution < -0.4 is 5.32 Å². The van der Waals surface area contributed by atoms with Gasteiger partial charge in [0.05, 0.1) is 0 Å². The summed E-state index contributed by atoms with van der Waals surface area (Å²) < 4.78 is 13.4. The quantitative estimate of drug-likeness (QED) is 0.909. The highest BCUT2D eigenvalue weighted by Crippen LogP contribution is 2.22. The molecule has 2 rings (SSSR count). The molecule has 0 aliphatic heterocycles. The second kappa shape index (κ2) is 5.78. The van der Waals surface area contributed by atoms with Crippen molar-refractivity contribution in [2.75, 3.05) is 11.9 Å². The van der Waals surface area contributed by atoms with E-state index in [-0.39, 0.29) is 5.82 Å². The van der Waals surface area contributed by atoms with Gasteiger partial charge in [0.15, 0.2) is 5.82 Å². The van der Waals surface area contributed by atoms with Crippen molar-refractivity contribution in [3.05, 3.63) is 41.3 Å². The fraction of sp³-hybridized carbons (Fsp3) is 0.333. The zero-order valence-electron chi connectivity index (χ0n) is 11.5. The molecule has 0 radical (unpaired) electrons. The van der Waals surface area contributed by atoms with Gasteiger partial charge in [-0.05, 0) is 38.0 Å². The Hall–Kier alpha value is -1.97. The Morgan fingerprint density at radius 1 is 1.16 bits per heavy atom. The van der Waals surface area contributed by atoms with E-state index in [0.29, 0.717) is 5.82 Å². The molecule has 19 heavy (non-hydrogen) atoms. The predicted molar refractivity (Wildman–Crippen MR) is 75.7 cm³/mol. The second-order valence-electron chi connectivity index (χ2n) is 4.60. The number of anilines is 1. The second-order valence-corrected chi connectivity index (χ2v) is 4.60. The number of aryl methyl sites for hydroxylation is 2. The van der Waals surface area contributed by atoms with E-state index in [1.165, 1.54) is 12.1 Å². The highest BCUT2D eigenvalue weighted by Gasteiger charge is 2.08. The summed E-state index contributed by atoms with van der Waals surface area (Å²) in [6, 6.07) is 6.57. The Balaban J connectivity index is 2.43. The molecular weight excluding hydrogens is 241 g/mol. The fourth-order valence-corrected chi connectivity index (χ4v) is 1.87. The van der Waals surface area contributed by atoms with E-state index in [9.17, 15) is 4.39 Å². The first-order valence-corrected chi connectivity index (χ1v) is 6.46. The van der Waals surface area contributed by atoms with Gasteiger partial charge in [0, 0.05) is 23.9 Å². The average molecular weight is 259 g/mol. The molecule has 4 heteroatoms. The van der Waals surface area contributed by atoms with Crippen molar-refractivity contribution in [3.8, 4) is 11.4 Å². The van der Waals surface area contributed by atoms with Gasteiger partial charge in [-0.2, -0.15) is 0 Å². The minimum atomic E-state index is -0.270. The molecule has 0 saturated carbocycles. The summed E-state index contributed by atoms with van der Waals surface area (Å²) in [5, 5.41) is 3.23. The van der Waals surface area contributed by atoms with Gasteiger partial charge in [-0.3, -0.25) is 0 Å². The molecule has 1 aromatic heterocycles. The molecule has 0 aliphatic carbocycles. The number of hydrogen-bond acceptors (Lipinski definition) is 3. The number of nitrogens with zero attached hydrogens (tertiary/aromatic N) is 2. The molecule has 0 fully saturated rings. The predicted octanol–water partition coefficient (Wildman–Crippen LogP) is 3.72. The van der Waals surface area contributed by atoms with Gasteiger partial charge in [0.1, 0.15) is 11.6 Å². The summed E-state index contributed by atoms with van der Waals surface area (Å²) in [4.78, 5) is 8.85. The molecule has 0 spiro atoms. The molecule has 100 valence electrons. The summed E-state index contributed by atoms with van der Waals surface area (Å²) in [5.74, 6) is 1.08. The number of rotatable bonds is 4. The van der Waals surface area contributed by atoms with Crippen LogP contribution in [0.25, 0.3) is 11.4 Å². The van der Waals surface area contributed by atoms with E-state index < -0.39 is 0 Å². The molecule has 1 aromatic carbocycles. The summed E-state index contributed by atoms with van der Waals surface area (Å²) in [6.45, 7) is 6.80. The van der Waals surface area contributed by atoms with Crippen molar-refractivity contribution < 1.29 is 4.39 Å². The van der Waals surface area contributed by atoms with Crippen molar-refractivity contribution in [3.63, 3.8) is 0 Å². The Kier molecular flexibility index (Phi) is 4.10. The Labute approximate surface area is 112 Å². The van der Waals surface area contributed by atoms with Crippen molar-refractivity contribution >= 4 is 5.82 Å². The van der Waals surface area contributed by atoms with E-state index in [1.54, 1.807) is 6.07 Å². The molecule has 0 aliphatic rings. The van der Waals surface area contributed by atoms with Crippen molar-refractivity contribution in [1.82, 2.24) is 9.97 Å². The van der Waals surface area contributed by atoms with Crippen LogP contribution in [-0.2, 0) is 0 Å². The third-order valence-electron chi connectivity index (χ3n) is 2.85. The van der Waals surface area contributed by atoms with Gasteiger partial charge in [0.25, 0.3) is 0 Å². The third-order valence-corrected chi connectivity index (χ3v) is 2.85. The summed E-state index contributed by atoms with van der Waals surface area (Å²) >= 11 is 0. The van der Waals surface area contributed by atoms with Crippen LogP contribution in [-0.4, -0.2) is 16.5 Å². The molecule has 0 saturated heterocycles. The summed E-state index contributed by atoms with van der Waals surface area (Å²) in [6.07, 6.45) is 1.03. The maximum absolute atomic E-state index is 13.4. The van der Waals surface area contributed by atoms with Crippen molar-refractivity contribution in [2.45, 2.75) is 27.2 Å². The van der Waals surface area contributed by atoms with Gasteiger partial charge in [-0.25, -0.2) is 14.4 Å². The van der Waals surface area contributed by atoms with Crippen LogP contribution in [0.15, 0.2) is 24.3 Å². The molecule has 0 bridgehead atoms. The lowest BCUT2D eigenvalue weighted by atomic mass is 10.1. The van der Waals surface area contributed by atoms with Crippen LogP contribution in [0.4, 0.5) is 10.2 Å². The standard InChI is InChI=1S/C15H18FN3/c1-4-7-17-14-8-11(3)18-15(19-14)13-9-12(16)6-5-10(13)2/h5-6,8-9H,4,7H2,1-3H3,(H,17,18,19). The monoisotopic (exact) mass is 259 g/mol. The Morgan fingerprint density at radius 3 is 2.68 bits per heavy atom. The normalized spacial score (nSPS) is 10.5. The topological polar surface area (TPSA) is 37.8 Å². The van der Waals surface area contributed by atoms with Gasteiger partial charge in [-0.15, -0.1) is 0 Å². The number of hydrogen-bond donors (Lipinski definition) is 1. The highest BCUT2D eigenvalue weighted by atomic mass is 19.1. The van der Waals surface area contributed by atoms with Gasteiger partial charge in [0.2, 0.25) is 0 Å². The third kappa shape index (κ3) is 3.28. The van der Waals surface area contributed by atoms with E-state index in [2.05, 4.69) is 22.2 Å². The van der Waals surface area contributed by atoms with Crippen LogP contribution in [0.3, 0.4) is 0 Å². The lowest BCUT2D eigenvalue weighted by Crippen LogP contribution is -2.05. The van der Waals surface area contributed by atoms with Gasteiger partial charge >= 0.3 is 0 Å². The molecule has 0 unspecified atom stereocenters. The summed E-state index contributed by atoms with van der Waals surface area (Å²) in [5.41, 5.74) is 2.57. The number of aromatic nitrogens is 2. The largest absolute Gasteiger partial charge is 0.370 e. The van der Waals surface area contributed by atoms with Crippen molar-refractivity contribution in [2.24, 2.45) is 0 Å². The lowest BCUT2D eigenvalue weighted by Gasteiger charge is -2.09. The van der Waals surface area contributed by atoms with E-state index in [4.69, 9.17) is 0 Å². The van der Waals surface area contributed by atoms with Crippen LogP contribution in [0, 0.1) is 19.7 Å². The maximum Gasteiger partial charge on any atom is 0.162 e. The van der Waals surface area contributed by atoms with E-state index >= 15 is 0 Å². The maximum atomic E-state index is 13.4. The zero-order chi connectivity index (χ0) is 13.8. The molecule has 1 N–H and O–H groups in total. The van der Waals surface area contributed by atoms with Gasteiger partial charge < -0.3 is 5.32 Å². The van der Waals surface area contributed by atoms with Crippen LogP contribution in [0.2, 0.25) is 0 Å². The first kappa shape index (κ1) is 13.5. The molecular formula is C15H18FN3. The highest BCUT2D eigenvalue weighted by molar-refractivity contribution is 5.61. The fourth-order valence-electron chi connectivity index (χ4n) is 1.87. The molecule has 3 nitrogen and oxygen atoms in total. The van der Waals surface area contributed by atoms with Crippen LogP contribution >= 0.6 is 0 Å². The van der Waals surface area contributed by atoms with E-state index in [1.807, 2.05) is 19.9 Å². The lowest BCUT2D eigenvalue weighted by molar-refractivity contribution is 0.627. The van der Waals surface area contributed by atoms with Crippen LogP contribution in [0.5, 0.6) is 0 Å². The van der Waals surface area contributed by atoms with Gasteiger partial charge in [-0.1, -0.05) is 13.0 Å². The first-order chi connectivity index (χ1) is 9.10. The average Bonchev–Trinajstić information content (AvgIpc) is 2.38. The SMILES string of the molecule is CCCNc1cc(C)nc(-c2cc(F)ccc2C)n1. The Morgan fingerprint density at radius 2 is 1.95 bits per heavy atom. The molecule has 2 aromatic rings. The van der Waals surface area contributed by atoms with Crippen molar-refractivity contribution in [1.29, 1.82) is 0 Å². The number of benzene rings is 1.